The van der Waals surface area contributed by atoms with Crippen molar-refractivity contribution in [3.63, 3.8) is 0 Å². The number of nitrogens with one attached hydrogen (secondary N) is 1. The lowest BCUT2D eigenvalue weighted by molar-refractivity contribution is -0.153. The minimum absolute atomic E-state index is 0.0260. The molecule has 1 aliphatic carbocycles. The third kappa shape index (κ3) is 7.65. The molecule has 1 unspecified atom stereocenters. The van der Waals surface area contributed by atoms with Gasteiger partial charge in [0.15, 0.2) is 0 Å². The molecule has 3 rings (SSSR count). The maximum Gasteiger partial charge on any atom is 0.451 e. The van der Waals surface area contributed by atoms with Crippen LogP contribution >= 0.6 is 0 Å². The first kappa shape index (κ1) is 30.3. The van der Waals surface area contributed by atoms with Crippen LogP contribution in [0.4, 0.5) is 4.79 Å². The summed E-state index contributed by atoms with van der Waals surface area (Å²) >= 11 is 0. The molecular formula is C26H38BN5O7. The van der Waals surface area contributed by atoms with Crippen molar-refractivity contribution in [2.75, 3.05) is 13.1 Å². The van der Waals surface area contributed by atoms with Crippen LogP contribution in [0.5, 0.6) is 0 Å². The number of benzene rings is 1. The number of fused-ring (bicyclic) bond motifs is 1. The standard InChI is InChI=1S/C26H38BN5O7/c1-17(29-24(35)39-25(2,3)4)22(33)32-14-19-13-26(30-31-28,21(20(19)15-32)11-8-12-27(36)37)23(34)38-16-18-9-6-5-7-10-18/h5-7,9-10,17,19-21,36-37H,8,11-16H2,1-4H3,(H,29,35)/t17?,19-,20+,21-,26-/m0/s1. The number of ether oxygens (including phenoxy) is 2. The maximum atomic E-state index is 13.5. The predicted octanol–water partition coefficient (Wildman–Crippen LogP) is 3.04. The highest BCUT2D eigenvalue weighted by molar-refractivity contribution is 6.40. The molecule has 0 spiro atoms. The van der Waals surface area contributed by atoms with Gasteiger partial charge in [0, 0.05) is 18.0 Å². The fraction of sp³-hybridized carbons (Fsp3) is 0.654. The Bertz CT molecular complexity index is 1080. The molecule has 1 heterocycles. The van der Waals surface area contributed by atoms with Crippen LogP contribution < -0.4 is 5.32 Å². The number of nitrogens with zero attached hydrogens (tertiary/aromatic N) is 4. The summed E-state index contributed by atoms with van der Waals surface area (Å²) in [6.45, 7) is 7.46. The number of esters is 1. The van der Waals surface area contributed by atoms with Gasteiger partial charge in [-0.15, -0.1) is 0 Å². The lowest BCUT2D eigenvalue weighted by Gasteiger charge is -2.33. The fourth-order valence-corrected chi connectivity index (χ4v) is 5.76. The van der Waals surface area contributed by atoms with E-state index < -0.39 is 42.3 Å². The number of azide groups is 1. The third-order valence-corrected chi connectivity index (χ3v) is 7.38. The number of alkyl carbamates (subject to hydrolysis) is 1. The molecule has 12 nitrogen and oxygen atoms in total. The van der Waals surface area contributed by atoms with Gasteiger partial charge in [0.25, 0.3) is 0 Å². The van der Waals surface area contributed by atoms with Crippen molar-refractivity contribution in [1.29, 1.82) is 0 Å². The highest BCUT2D eigenvalue weighted by Crippen LogP contribution is 2.53. The number of carbonyl (C=O) groups excluding carboxylic acids is 3. The summed E-state index contributed by atoms with van der Waals surface area (Å²) in [5.41, 5.74) is 8.08. The van der Waals surface area contributed by atoms with Crippen LogP contribution in [0, 0.1) is 17.8 Å². The predicted molar refractivity (Wildman–Crippen MR) is 143 cm³/mol. The third-order valence-electron chi connectivity index (χ3n) is 7.38. The highest BCUT2D eigenvalue weighted by atomic mass is 16.6. The molecule has 13 heteroatoms. The van der Waals surface area contributed by atoms with Crippen molar-refractivity contribution < 1.29 is 33.9 Å². The van der Waals surface area contributed by atoms with E-state index in [1.54, 1.807) is 32.6 Å². The molecule has 0 aromatic heterocycles. The van der Waals surface area contributed by atoms with Gasteiger partial charge in [-0.25, -0.2) is 4.79 Å². The Morgan fingerprint density at radius 3 is 2.56 bits per heavy atom. The van der Waals surface area contributed by atoms with E-state index >= 15 is 0 Å². The molecule has 39 heavy (non-hydrogen) atoms. The Kier molecular flexibility index (Phi) is 9.87. The molecule has 0 bridgehead atoms. The number of carbonyl (C=O) groups is 3. The lowest BCUT2D eigenvalue weighted by Crippen LogP contribution is -2.49. The van der Waals surface area contributed by atoms with E-state index in [9.17, 15) is 30.0 Å². The molecule has 3 N–H and O–H groups in total. The molecule has 1 saturated carbocycles. The van der Waals surface area contributed by atoms with Crippen molar-refractivity contribution >= 4 is 25.1 Å². The molecule has 1 aliphatic heterocycles. The van der Waals surface area contributed by atoms with Gasteiger partial charge < -0.3 is 29.7 Å². The van der Waals surface area contributed by atoms with Gasteiger partial charge >= 0.3 is 19.2 Å². The number of rotatable bonds is 10. The maximum absolute atomic E-state index is 13.5. The van der Waals surface area contributed by atoms with Gasteiger partial charge in [0.1, 0.15) is 23.8 Å². The van der Waals surface area contributed by atoms with Crippen LogP contribution in [0.2, 0.25) is 6.32 Å². The van der Waals surface area contributed by atoms with Crippen molar-refractivity contribution in [3.05, 3.63) is 46.3 Å². The summed E-state index contributed by atoms with van der Waals surface area (Å²) in [5.74, 6) is -1.67. The van der Waals surface area contributed by atoms with Gasteiger partial charge in [-0.1, -0.05) is 41.9 Å². The van der Waals surface area contributed by atoms with E-state index in [0.717, 1.165) is 5.56 Å². The second kappa shape index (κ2) is 12.7. The monoisotopic (exact) mass is 543 g/mol. The van der Waals surface area contributed by atoms with Crippen LogP contribution in [0.3, 0.4) is 0 Å². The largest absolute Gasteiger partial charge is 0.460 e. The normalized spacial score (nSPS) is 24.8. The fourth-order valence-electron chi connectivity index (χ4n) is 5.76. The Hall–Kier alpha value is -3.28. The summed E-state index contributed by atoms with van der Waals surface area (Å²) in [6, 6.07) is 8.35. The molecule has 0 radical (unpaired) electrons. The van der Waals surface area contributed by atoms with Gasteiger partial charge in [-0.05, 0) is 75.7 Å². The minimum atomic E-state index is -1.50. The van der Waals surface area contributed by atoms with Gasteiger partial charge in [-0.2, -0.15) is 0 Å². The number of likely N-dealkylation sites (tertiary alicyclic amines) is 1. The Balaban J connectivity index is 1.76. The van der Waals surface area contributed by atoms with E-state index in [1.165, 1.54) is 0 Å². The van der Waals surface area contributed by atoms with Crippen molar-refractivity contribution in [2.24, 2.45) is 22.9 Å². The summed E-state index contributed by atoms with van der Waals surface area (Å²) < 4.78 is 10.9. The van der Waals surface area contributed by atoms with E-state index in [0.29, 0.717) is 25.9 Å². The zero-order valence-corrected chi connectivity index (χ0v) is 22.9. The molecule has 2 amide bonds. The second-order valence-corrected chi connectivity index (χ2v) is 11.4. The van der Waals surface area contributed by atoms with E-state index in [1.807, 2.05) is 30.3 Å². The number of hydrogen-bond donors (Lipinski definition) is 3. The van der Waals surface area contributed by atoms with Crippen LogP contribution in [0.1, 0.15) is 52.5 Å². The molecule has 1 saturated heterocycles. The van der Waals surface area contributed by atoms with Crippen molar-refractivity contribution in [1.82, 2.24) is 10.2 Å². The zero-order chi connectivity index (χ0) is 28.8. The SMILES string of the molecule is CC(NC(=O)OC(C)(C)C)C(=O)N1C[C@@H]2C[C@@](N=[N+]=[N-])(C(=O)OCc3ccccc3)[C@@H](CCCB(O)O)[C@@H]2C1. The lowest BCUT2D eigenvalue weighted by atomic mass is 9.76. The molecule has 212 valence electrons. The Morgan fingerprint density at radius 2 is 1.95 bits per heavy atom. The van der Waals surface area contributed by atoms with Crippen molar-refractivity contribution in [3.8, 4) is 0 Å². The Morgan fingerprint density at radius 1 is 1.26 bits per heavy atom. The summed E-state index contributed by atoms with van der Waals surface area (Å²) in [5, 5.41) is 25.3. The van der Waals surface area contributed by atoms with Crippen LogP contribution in [-0.4, -0.2) is 70.3 Å². The minimum Gasteiger partial charge on any atom is -0.460 e. The summed E-state index contributed by atoms with van der Waals surface area (Å²) in [6.07, 6.45) is 0.376. The molecule has 1 aromatic rings. The van der Waals surface area contributed by atoms with Crippen LogP contribution in [0.25, 0.3) is 10.4 Å². The second-order valence-electron chi connectivity index (χ2n) is 11.4. The molecule has 5 atom stereocenters. The van der Waals surface area contributed by atoms with Crippen LogP contribution in [0.15, 0.2) is 35.4 Å². The molecule has 1 aromatic carbocycles. The van der Waals surface area contributed by atoms with Crippen LogP contribution in [-0.2, 0) is 25.7 Å². The first-order valence-corrected chi connectivity index (χ1v) is 13.3. The molecule has 2 aliphatic rings. The van der Waals surface area contributed by atoms with E-state index in [2.05, 4.69) is 15.3 Å². The Labute approximate surface area is 228 Å². The quantitative estimate of drug-likeness (QED) is 0.134. The summed E-state index contributed by atoms with van der Waals surface area (Å²) in [7, 11) is -1.50. The van der Waals surface area contributed by atoms with Gasteiger partial charge in [0.2, 0.25) is 5.91 Å². The van der Waals surface area contributed by atoms with E-state index in [-0.39, 0.29) is 37.1 Å². The number of hydrogen-bond acceptors (Lipinski definition) is 8. The molecule has 2 fully saturated rings. The topological polar surface area (TPSA) is 174 Å². The van der Waals surface area contributed by atoms with E-state index in [4.69, 9.17) is 9.47 Å². The average molecular weight is 543 g/mol. The number of amides is 2. The molecular weight excluding hydrogens is 505 g/mol. The average Bonchev–Trinajstić information content (AvgIpc) is 3.38. The van der Waals surface area contributed by atoms with Gasteiger partial charge in [-0.3, -0.25) is 9.59 Å². The highest BCUT2D eigenvalue weighted by Gasteiger charge is 2.61. The smallest absolute Gasteiger partial charge is 0.451 e. The summed E-state index contributed by atoms with van der Waals surface area (Å²) in [4.78, 5) is 43.5. The zero-order valence-electron chi connectivity index (χ0n) is 22.9. The first-order valence-electron chi connectivity index (χ1n) is 13.3. The van der Waals surface area contributed by atoms with Crippen molar-refractivity contribution in [2.45, 2.75) is 77.1 Å². The first-order chi connectivity index (χ1) is 18.4. The van der Waals surface area contributed by atoms with Gasteiger partial charge in [0.05, 0.1) is 0 Å².